The first-order valence-electron chi connectivity index (χ1n) is 3.40. The molecule has 1 heterocycles. The molecule has 0 unspecified atom stereocenters. The minimum absolute atomic E-state index is 0.0152. The zero-order valence-electron chi connectivity index (χ0n) is 7.11. The third-order valence-corrected chi connectivity index (χ3v) is 1.73. The molecule has 0 atom stereocenters. The highest BCUT2D eigenvalue weighted by molar-refractivity contribution is 7.86. The van der Waals surface area contributed by atoms with Crippen molar-refractivity contribution in [3.8, 4) is 5.75 Å². The second-order valence-corrected chi connectivity index (χ2v) is 4.14. The smallest absolute Gasteiger partial charge is 0.306 e. The molecule has 6 heteroatoms. The summed E-state index contributed by atoms with van der Waals surface area (Å²) in [5.41, 5.74) is 0.237. The van der Waals surface area contributed by atoms with Crippen molar-refractivity contribution in [3.05, 3.63) is 23.8 Å². The van der Waals surface area contributed by atoms with Crippen molar-refractivity contribution in [1.29, 1.82) is 0 Å². The van der Waals surface area contributed by atoms with E-state index in [0.29, 0.717) is 0 Å². The largest absolute Gasteiger partial charge is 0.381 e. The quantitative estimate of drug-likeness (QED) is 0.531. The third kappa shape index (κ3) is 2.98. The fourth-order valence-electron chi connectivity index (χ4n) is 0.753. The summed E-state index contributed by atoms with van der Waals surface area (Å²) in [4.78, 5) is 3.31. The lowest BCUT2D eigenvalue weighted by atomic mass is 10.3. The molecular formula is C7H8FNO3S. The molecule has 1 aromatic heterocycles. The van der Waals surface area contributed by atoms with Crippen LogP contribution in [0.3, 0.4) is 0 Å². The summed E-state index contributed by atoms with van der Waals surface area (Å²) >= 11 is 0. The van der Waals surface area contributed by atoms with Gasteiger partial charge in [-0.3, -0.25) is 0 Å². The number of rotatable bonds is 2. The molecule has 0 spiro atoms. The molecule has 0 bridgehead atoms. The van der Waals surface area contributed by atoms with Gasteiger partial charge in [-0.2, -0.15) is 12.8 Å². The van der Waals surface area contributed by atoms with Crippen molar-refractivity contribution in [2.45, 2.75) is 6.92 Å². The number of nitrogens with zero attached hydrogens (tertiary/aromatic N) is 1. The Morgan fingerprint density at radius 1 is 1.54 bits per heavy atom. The van der Waals surface area contributed by atoms with Gasteiger partial charge in [0.15, 0.2) is 5.75 Å². The molecule has 72 valence electrons. The summed E-state index contributed by atoms with van der Waals surface area (Å²) in [5.74, 6) is -0.623. The van der Waals surface area contributed by atoms with Crippen LogP contribution in [-0.2, 0) is 10.1 Å². The van der Waals surface area contributed by atoms with Gasteiger partial charge in [-0.15, -0.1) is 0 Å². The molecule has 0 radical (unpaired) electrons. The van der Waals surface area contributed by atoms with Crippen LogP contribution in [0.15, 0.2) is 12.3 Å². The van der Waals surface area contributed by atoms with E-state index in [2.05, 4.69) is 9.17 Å². The van der Waals surface area contributed by atoms with Gasteiger partial charge >= 0.3 is 10.1 Å². The maximum Gasteiger partial charge on any atom is 0.306 e. The molecule has 0 fully saturated rings. The Bertz CT molecular complexity index is 416. The zero-order valence-corrected chi connectivity index (χ0v) is 7.93. The topological polar surface area (TPSA) is 56.3 Å². The molecule has 0 saturated carbocycles. The molecule has 0 amide bonds. The Labute approximate surface area is 75.5 Å². The summed E-state index contributed by atoms with van der Waals surface area (Å²) in [6.07, 6.45) is 1.93. The van der Waals surface area contributed by atoms with Crippen LogP contribution in [-0.4, -0.2) is 19.7 Å². The molecule has 0 saturated heterocycles. The number of hydrogen-bond acceptors (Lipinski definition) is 4. The molecule has 1 rings (SSSR count). The fraction of sp³-hybridized carbons (Fsp3) is 0.286. The predicted molar refractivity (Wildman–Crippen MR) is 44.4 cm³/mol. The zero-order chi connectivity index (χ0) is 10.1. The van der Waals surface area contributed by atoms with E-state index >= 15 is 0 Å². The van der Waals surface area contributed by atoms with Crippen LogP contribution in [0.25, 0.3) is 0 Å². The molecule has 0 aliphatic heterocycles. The maximum absolute atomic E-state index is 12.6. The van der Waals surface area contributed by atoms with E-state index in [0.717, 1.165) is 12.5 Å². The first-order chi connectivity index (χ1) is 5.88. The SMILES string of the molecule is Cc1cc(OS(C)(=O)=O)cnc1F. The number of pyridine rings is 1. The Kier molecular flexibility index (Phi) is 2.51. The number of aromatic nitrogens is 1. The van der Waals surface area contributed by atoms with Gasteiger partial charge in [-0.25, -0.2) is 4.98 Å². The lowest BCUT2D eigenvalue weighted by Crippen LogP contribution is -2.06. The van der Waals surface area contributed by atoms with Gasteiger partial charge in [-0.05, 0) is 13.0 Å². The van der Waals surface area contributed by atoms with Crippen LogP contribution in [0.4, 0.5) is 4.39 Å². The van der Waals surface area contributed by atoms with Gasteiger partial charge in [0, 0.05) is 5.56 Å². The van der Waals surface area contributed by atoms with Crippen molar-refractivity contribution in [2.24, 2.45) is 0 Å². The molecule has 4 nitrogen and oxygen atoms in total. The van der Waals surface area contributed by atoms with Gasteiger partial charge in [0.05, 0.1) is 12.5 Å². The molecular weight excluding hydrogens is 197 g/mol. The van der Waals surface area contributed by atoms with Crippen LogP contribution >= 0.6 is 0 Å². The highest BCUT2D eigenvalue weighted by Gasteiger charge is 2.06. The Morgan fingerprint density at radius 3 is 2.62 bits per heavy atom. The van der Waals surface area contributed by atoms with Crippen LogP contribution in [0, 0.1) is 12.9 Å². The standard InChI is InChI=1S/C7H8FNO3S/c1-5-3-6(4-9-7(5)8)12-13(2,10)11/h3-4H,1-2H3. The third-order valence-electron chi connectivity index (χ3n) is 1.24. The summed E-state index contributed by atoms with van der Waals surface area (Å²) in [7, 11) is -3.57. The van der Waals surface area contributed by atoms with E-state index in [9.17, 15) is 12.8 Å². The molecule has 0 aliphatic carbocycles. The van der Waals surface area contributed by atoms with E-state index in [1.165, 1.54) is 13.0 Å². The van der Waals surface area contributed by atoms with Crippen LogP contribution in [0.2, 0.25) is 0 Å². The second-order valence-electron chi connectivity index (χ2n) is 2.57. The van der Waals surface area contributed by atoms with E-state index in [1.807, 2.05) is 0 Å². The Morgan fingerprint density at radius 2 is 2.15 bits per heavy atom. The number of hydrogen-bond donors (Lipinski definition) is 0. The van der Waals surface area contributed by atoms with Gasteiger partial charge in [0.2, 0.25) is 5.95 Å². The van der Waals surface area contributed by atoms with Crippen LogP contribution in [0.5, 0.6) is 5.75 Å². The van der Waals surface area contributed by atoms with Crippen molar-refractivity contribution in [2.75, 3.05) is 6.26 Å². The van der Waals surface area contributed by atoms with E-state index in [-0.39, 0.29) is 11.3 Å². The summed E-state index contributed by atoms with van der Waals surface area (Å²) in [5, 5.41) is 0. The highest BCUT2D eigenvalue weighted by Crippen LogP contribution is 2.14. The summed E-state index contributed by atoms with van der Waals surface area (Å²) in [6.45, 7) is 1.47. The van der Waals surface area contributed by atoms with Gasteiger partial charge in [0.25, 0.3) is 0 Å². The van der Waals surface area contributed by atoms with Crippen molar-refractivity contribution >= 4 is 10.1 Å². The summed E-state index contributed by atoms with van der Waals surface area (Å²) < 4.78 is 38.4. The van der Waals surface area contributed by atoms with Gasteiger partial charge < -0.3 is 4.18 Å². The molecule has 0 aromatic carbocycles. The first kappa shape index (κ1) is 9.91. The van der Waals surface area contributed by atoms with Crippen molar-refractivity contribution < 1.29 is 17.0 Å². The van der Waals surface area contributed by atoms with Gasteiger partial charge in [-0.1, -0.05) is 0 Å². The van der Waals surface area contributed by atoms with Gasteiger partial charge in [0.1, 0.15) is 0 Å². The maximum atomic E-state index is 12.6. The van der Waals surface area contributed by atoms with Crippen LogP contribution in [0.1, 0.15) is 5.56 Å². The highest BCUT2D eigenvalue weighted by atomic mass is 32.2. The Balaban J connectivity index is 2.99. The minimum atomic E-state index is -3.57. The van der Waals surface area contributed by atoms with E-state index < -0.39 is 16.1 Å². The van der Waals surface area contributed by atoms with Crippen LogP contribution < -0.4 is 4.18 Å². The molecule has 0 aliphatic rings. The molecule has 13 heavy (non-hydrogen) atoms. The minimum Gasteiger partial charge on any atom is -0.381 e. The molecule has 1 aromatic rings. The monoisotopic (exact) mass is 205 g/mol. The average molecular weight is 205 g/mol. The molecule has 0 N–H and O–H groups in total. The van der Waals surface area contributed by atoms with Crippen molar-refractivity contribution in [1.82, 2.24) is 4.98 Å². The first-order valence-corrected chi connectivity index (χ1v) is 5.22. The normalized spacial score (nSPS) is 11.3. The fourth-order valence-corrected chi connectivity index (χ4v) is 1.19. The van der Waals surface area contributed by atoms with Crippen molar-refractivity contribution in [3.63, 3.8) is 0 Å². The predicted octanol–water partition coefficient (Wildman–Crippen LogP) is 0.868. The Hall–Kier alpha value is -1.17. The lowest BCUT2D eigenvalue weighted by Gasteiger charge is -2.02. The number of aryl methyl sites for hydroxylation is 1. The number of halogens is 1. The average Bonchev–Trinajstić information content (AvgIpc) is 1.94. The van der Waals surface area contributed by atoms with E-state index in [1.54, 1.807) is 0 Å². The second kappa shape index (κ2) is 3.29. The lowest BCUT2D eigenvalue weighted by molar-refractivity contribution is 0.487. The van der Waals surface area contributed by atoms with E-state index in [4.69, 9.17) is 0 Å². The summed E-state index contributed by atoms with van der Waals surface area (Å²) in [6, 6.07) is 1.27.